The lowest BCUT2D eigenvalue weighted by Gasteiger charge is -2.22. The lowest BCUT2D eigenvalue weighted by molar-refractivity contribution is 0.391. The summed E-state index contributed by atoms with van der Waals surface area (Å²) in [7, 11) is 0. The molecule has 108 valence electrons. The topological polar surface area (TPSA) is 12.0 Å². The Morgan fingerprint density at radius 2 is 1.68 bits per heavy atom. The fraction of sp³-hybridized carbons (Fsp3) is 0.667. The summed E-state index contributed by atoms with van der Waals surface area (Å²) < 4.78 is 0. The van der Waals surface area contributed by atoms with Gasteiger partial charge >= 0.3 is 0 Å². The molecular weight excluding hydrogens is 230 g/mol. The van der Waals surface area contributed by atoms with Gasteiger partial charge in [-0.2, -0.15) is 0 Å². The van der Waals surface area contributed by atoms with E-state index in [0.29, 0.717) is 6.04 Å². The van der Waals surface area contributed by atoms with Crippen LogP contribution in [0.4, 0.5) is 0 Å². The van der Waals surface area contributed by atoms with E-state index in [9.17, 15) is 0 Å². The molecule has 1 heteroatoms. The number of hydrogen-bond acceptors (Lipinski definition) is 1. The van der Waals surface area contributed by atoms with Crippen molar-refractivity contribution < 1.29 is 0 Å². The fourth-order valence-electron chi connectivity index (χ4n) is 2.71. The van der Waals surface area contributed by atoms with Crippen LogP contribution in [0.15, 0.2) is 18.2 Å². The van der Waals surface area contributed by atoms with Crippen molar-refractivity contribution in [3.8, 4) is 0 Å². The summed E-state index contributed by atoms with van der Waals surface area (Å²) in [5.41, 5.74) is 4.25. The molecule has 0 spiro atoms. The average molecular weight is 261 g/mol. The summed E-state index contributed by atoms with van der Waals surface area (Å²) >= 11 is 0. The number of nitrogens with one attached hydrogen (secondary N) is 1. The minimum absolute atomic E-state index is 0.621. The van der Waals surface area contributed by atoms with Gasteiger partial charge in [0.25, 0.3) is 0 Å². The first-order valence-electron chi connectivity index (χ1n) is 7.85. The van der Waals surface area contributed by atoms with E-state index in [1.54, 1.807) is 0 Å². The Kier molecular flexibility index (Phi) is 7.15. The molecule has 19 heavy (non-hydrogen) atoms. The van der Waals surface area contributed by atoms with Crippen LogP contribution in [-0.4, -0.2) is 12.6 Å². The average Bonchev–Trinajstić information content (AvgIpc) is 2.34. The molecule has 0 aliphatic carbocycles. The van der Waals surface area contributed by atoms with E-state index in [-0.39, 0.29) is 0 Å². The highest BCUT2D eigenvalue weighted by atomic mass is 14.9. The first kappa shape index (κ1) is 16.2. The zero-order valence-electron chi connectivity index (χ0n) is 13.4. The van der Waals surface area contributed by atoms with Crippen LogP contribution in [0.25, 0.3) is 0 Å². The third kappa shape index (κ3) is 6.24. The zero-order chi connectivity index (χ0) is 14.3. The zero-order valence-corrected chi connectivity index (χ0v) is 13.4. The number of hydrogen-bond donors (Lipinski definition) is 1. The molecule has 0 saturated carbocycles. The minimum atomic E-state index is 0.621. The largest absolute Gasteiger partial charge is 0.314 e. The molecule has 0 saturated heterocycles. The van der Waals surface area contributed by atoms with Crippen molar-refractivity contribution in [1.82, 2.24) is 5.32 Å². The maximum atomic E-state index is 3.72. The highest BCUT2D eigenvalue weighted by molar-refractivity contribution is 5.29. The Bertz CT molecular complexity index is 350. The molecular formula is C18H31N. The van der Waals surface area contributed by atoms with E-state index >= 15 is 0 Å². The maximum absolute atomic E-state index is 3.72. The molecule has 0 fully saturated rings. The van der Waals surface area contributed by atoms with Crippen molar-refractivity contribution >= 4 is 0 Å². The van der Waals surface area contributed by atoms with Crippen LogP contribution in [0, 0.1) is 19.8 Å². The van der Waals surface area contributed by atoms with Gasteiger partial charge in [0, 0.05) is 6.04 Å². The molecule has 1 N–H and O–H groups in total. The normalized spacial score (nSPS) is 14.4. The van der Waals surface area contributed by atoms with E-state index in [1.807, 2.05) is 0 Å². The predicted molar refractivity (Wildman–Crippen MR) is 85.8 cm³/mol. The quantitative estimate of drug-likeness (QED) is 0.718. The van der Waals surface area contributed by atoms with Crippen molar-refractivity contribution in [3.05, 3.63) is 34.9 Å². The van der Waals surface area contributed by atoms with Gasteiger partial charge in [-0.3, -0.25) is 0 Å². The van der Waals surface area contributed by atoms with Crippen molar-refractivity contribution in [2.24, 2.45) is 5.92 Å². The van der Waals surface area contributed by atoms with Gasteiger partial charge in [-0.1, -0.05) is 56.5 Å². The molecule has 0 aliphatic heterocycles. The Labute approximate surface area is 119 Å². The van der Waals surface area contributed by atoms with Crippen LogP contribution in [0.1, 0.15) is 56.7 Å². The smallest absolute Gasteiger partial charge is 0.0110 e. The van der Waals surface area contributed by atoms with Crippen molar-refractivity contribution in [2.75, 3.05) is 6.54 Å². The number of aryl methyl sites for hydroxylation is 2. The summed E-state index contributed by atoms with van der Waals surface area (Å²) in [6.07, 6.45) is 4.93. The van der Waals surface area contributed by atoms with Crippen LogP contribution in [0.3, 0.4) is 0 Å². The SMILES string of the molecule is CCCNC(Cc1cc(C)cc(C)c1)CC(C)CC. The third-order valence-corrected chi connectivity index (χ3v) is 3.83. The van der Waals surface area contributed by atoms with Gasteiger partial charge in [-0.25, -0.2) is 0 Å². The molecule has 0 aliphatic rings. The number of benzene rings is 1. The van der Waals surface area contributed by atoms with Gasteiger partial charge in [0.2, 0.25) is 0 Å². The molecule has 2 atom stereocenters. The summed E-state index contributed by atoms with van der Waals surface area (Å²) in [5, 5.41) is 3.72. The Morgan fingerprint density at radius 3 is 2.21 bits per heavy atom. The summed E-state index contributed by atoms with van der Waals surface area (Å²) in [4.78, 5) is 0. The first-order chi connectivity index (χ1) is 9.05. The second kappa shape index (κ2) is 8.37. The van der Waals surface area contributed by atoms with Crippen LogP contribution in [0.2, 0.25) is 0 Å². The molecule has 0 bridgehead atoms. The second-order valence-electron chi connectivity index (χ2n) is 6.10. The molecule has 0 radical (unpaired) electrons. The summed E-state index contributed by atoms with van der Waals surface area (Å²) in [5.74, 6) is 0.806. The van der Waals surface area contributed by atoms with E-state index in [1.165, 1.54) is 36.0 Å². The predicted octanol–water partition coefficient (Wildman–Crippen LogP) is 4.65. The second-order valence-corrected chi connectivity index (χ2v) is 6.10. The van der Waals surface area contributed by atoms with Gasteiger partial charge in [0.15, 0.2) is 0 Å². The lowest BCUT2D eigenvalue weighted by atomic mass is 9.93. The van der Waals surface area contributed by atoms with E-state index in [4.69, 9.17) is 0 Å². The summed E-state index contributed by atoms with van der Waals surface area (Å²) in [6, 6.07) is 7.55. The van der Waals surface area contributed by atoms with Gasteiger partial charge < -0.3 is 5.32 Å². The molecule has 1 nitrogen and oxygen atoms in total. The van der Waals surface area contributed by atoms with Crippen LogP contribution in [-0.2, 0) is 6.42 Å². The number of rotatable bonds is 8. The van der Waals surface area contributed by atoms with Crippen molar-refractivity contribution in [1.29, 1.82) is 0 Å². The van der Waals surface area contributed by atoms with Crippen LogP contribution >= 0.6 is 0 Å². The Morgan fingerprint density at radius 1 is 1.05 bits per heavy atom. The molecule has 1 rings (SSSR count). The van der Waals surface area contributed by atoms with Crippen molar-refractivity contribution in [2.45, 2.75) is 66.3 Å². The van der Waals surface area contributed by atoms with Crippen LogP contribution in [0.5, 0.6) is 0 Å². The molecule has 0 heterocycles. The van der Waals surface area contributed by atoms with Gasteiger partial charge in [-0.15, -0.1) is 0 Å². The van der Waals surface area contributed by atoms with E-state index < -0.39 is 0 Å². The minimum Gasteiger partial charge on any atom is -0.314 e. The highest BCUT2D eigenvalue weighted by Crippen LogP contribution is 2.16. The van der Waals surface area contributed by atoms with Crippen molar-refractivity contribution in [3.63, 3.8) is 0 Å². The highest BCUT2D eigenvalue weighted by Gasteiger charge is 2.12. The standard InChI is InChI=1S/C18H31N/c1-6-8-19-18(12-14(3)7-2)13-17-10-15(4)9-16(5)11-17/h9-11,14,18-19H,6-8,12-13H2,1-5H3. The monoisotopic (exact) mass is 261 g/mol. The van der Waals surface area contributed by atoms with Crippen LogP contribution < -0.4 is 5.32 Å². The lowest BCUT2D eigenvalue weighted by Crippen LogP contribution is -2.33. The maximum Gasteiger partial charge on any atom is 0.0110 e. The van der Waals surface area contributed by atoms with E-state index in [2.05, 4.69) is 58.1 Å². The fourth-order valence-corrected chi connectivity index (χ4v) is 2.71. The Balaban J connectivity index is 2.69. The van der Waals surface area contributed by atoms with Gasteiger partial charge in [0.1, 0.15) is 0 Å². The van der Waals surface area contributed by atoms with Gasteiger partial charge in [0.05, 0.1) is 0 Å². The molecule has 1 aromatic carbocycles. The third-order valence-electron chi connectivity index (χ3n) is 3.83. The Hall–Kier alpha value is -0.820. The molecule has 0 aromatic heterocycles. The van der Waals surface area contributed by atoms with Gasteiger partial charge in [-0.05, 0) is 51.1 Å². The first-order valence-corrected chi connectivity index (χ1v) is 7.85. The summed E-state index contributed by atoms with van der Waals surface area (Å²) in [6.45, 7) is 12.4. The molecule has 2 unspecified atom stereocenters. The van der Waals surface area contributed by atoms with E-state index in [0.717, 1.165) is 18.9 Å². The molecule has 0 amide bonds. The molecule has 1 aromatic rings.